The quantitative estimate of drug-likeness (QED) is 0.638. The molecule has 0 unspecified atom stereocenters. The maximum Gasteiger partial charge on any atom is 0.0434 e. The number of hydrogen-bond donors (Lipinski definition) is 1. The first-order valence-electron chi connectivity index (χ1n) is 3.58. The lowest BCUT2D eigenvalue weighted by atomic mass is 10.1. The summed E-state index contributed by atoms with van der Waals surface area (Å²) in [4.78, 5) is 0. The molecule has 0 aromatic heterocycles. The van der Waals surface area contributed by atoms with Crippen LogP contribution in [-0.4, -0.2) is 22.7 Å². The van der Waals surface area contributed by atoms with Crippen molar-refractivity contribution in [1.29, 1.82) is 0 Å². The van der Waals surface area contributed by atoms with Crippen LogP contribution in [0.5, 0.6) is 0 Å². The van der Waals surface area contributed by atoms with E-state index in [-0.39, 0.29) is 17.6 Å². The monoisotopic (exact) mass is 168 g/mol. The zero-order valence-electron chi connectivity index (χ0n) is 5.96. The Morgan fingerprint density at radius 1 is 1.09 bits per heavy atom. The summed E-state index contributed by atoms with van der Waals surface area (Å²) in [6.45, 7) is 0.287. The first kappa shape index (κ1) is 10.4. The molecule has 0 heterocycles. The fraction of sp³-hybridized carbons (Fsp3) is 0.333. The predicted octanol–water partition coefficient (Wildman–Crippen LogP) is 0.160. The molecule has 2 heteroatoms. The number of rotatable bonds is 3. The lowest BCUT2D eigenvalue weighted by Gasteiger charge is -1.96. The average Bonchev–Trinajstić information content (AvgIpc) is 2.03. The van der Waals surface area contributed by atoms with Crippen LogP contribution in [0, 0.1) is 0 Å². The van der Waals surface area contributed by atoms with Gasteiger partial charge >= 0.3 is 0 Å². The van der Waals surface area contributed by atoms with Gasteiger partial charge < -0.3 is 5.11 Å². The van der Waals surface area contributed by atoms with Crippen LogP contribution in [0.3, 0.4) is 0 Å². The number of aryl methyl sites for hydroxylation is 1. The highest BCUT2D eigenvalue weighted by Crippen LogP contribution is 2.00. The zero-order valence-corrected chi connectivity index (χ0v) is 5.96. The Kier molecular flexibility index (Phi) is 5.79. The Labute approximate surface area is 72.1 Å². The minimum Gasteiger partial charge on any atom is -0.396 e. The molecule has 0 atom stereocenters. The van der Waals surface area contributed by atoms with Crippen molar-refractivity contribution in [2.45, 2.75) is 12.8 Å². The molecule has 1 aromatic rings. The van der Waals surface area contributed by atoms with Crippen LogP contribution in [0.4, 0.5) is 0 Å². The fourth-order valence-corrected chi connectivity index (χ4v) is 0.928. The van der Waals surface area contributed by atoms with E-state index in [1.165, 1.54) is 5.56 Å². The van der Waals surface area contributed by atoms with Gasteiger partial charge in [-0.25, -0.2) is 0 Å². The lowest BCUT2D eigenvalue weighted by Crippen LogP contribution is -1.87. The third kappa shape index (κ3) is 3.96. The van der Waals surface area contributed by atoms with Crippen molar-refractivity contribution in [2.24, 2.45) is 0 Å². The van der Waals surface area contributed by atoms with Crippen molar-refractivity contribution < 1.29 is 5.11 Å². The van der Waals surface area contributed by atoms with E-state index in [0.29, 0.717) is 0 Å². The minimum atomic E-state index is 0. The number of aliphatic hydroxyl groups is 1. The van der Waals surface area contributed by atoms with Crippen LogP contribution in [0.1, 0.15) is 12.0 Å². The average molecular weight is 168 g/mol. The normalized spacial score (nSPS) is 8.82. The van der Waals surface area contributed by atoms with Crippen molar-refractivity contribution in [3.05, 3.63) is 35.9 Å². The number of hydrogen-bond acceptors (Lipinski definition) is 1. The smallest absolute Gasteiger partial charge is 0.0434 e. The molecular formula is C9H16OSi. The van der Waals surface area contributed by atoms with Gasteiger partial charge in [-0.05, 0) is 29.4 Å². The van der Waals surface area contributed by atoms with Gasteiger partial charge in [-0.1, -0.05) is 30.3 Å². The molecule has 0 bridgehead atoms. The zero-order chi connectivity index (χ0) is 7.23. The van der Waals surface area contributed by atoms with Crippen LogP contribution in [-0.2, 0) is 6.42 Å². The van der Waals surface area contributed by atoms with Gasteiger partial charge in [-0.3, -0.25) is 0 Å². The maximum atomic E-state index is 8.53. The van der Waals surface area contributed by atoms with E-state index in [9.17, 15) is 0 Å². The number of aliphatic hydroxyl groups excluding tert-OH is 1. The second-order valence-electron chi connectivity index (χ2n) is 2.31. The second kappa shape index (κ2) is 6.13. The Bertz CT molecular complexity index is 174. The number of benzene rings is 1. The van der Waals surface area contributed by atoms with E-state index >= 15 is 0 Å². The summed E-state index contributed by atoms with van der Waals surface area (Å²) in [5, 5.41) is 8.53. The van der Waals surface area contributed by atoms with E-state index < -0.39 is 0 Å². The van der Waals surface area contributed by atoms with Crippen LogP contribution in [0.15, 0.2) is 30.3 Å². The second-order valence-corrected chi connectivity index (χ2v) is 2.31. The van der Waals surface area contributed by atoms with Gasteiger partial charge in [0, 0.05) is 6.61 Å². The molecule has 0 saturated carbocycles. The van der Waals surface area contributed by atoms with E-state index in [1.54, 1.807) is 0 Å². The van der Waals surface area contributed by atoms with Crippen LogP contribution in [0.2, 0.25) is 0 Å². The fourth-order valence-electron chi connectivity index (χ4n) is 0.928. The molecule has 0 fully saturated rings. The van der Waals surface area contributed by atoms with Gasteiger partial charge in [0.1, 0.15) is 0 Å². The topological polar surface area (TPSA) is 20.2 Å². The molecule has 0 aliphatic rings. The van der Waals surface area contributed by atoms with Crippen LogP contribution < -0.4 is 0 Å². The molecule has 1 nitrogen and oxygen atoms in total. The van der Waals surface area contributed by atoms with Crippen molar-refractivity contribution in [3.63, 3.8) is 0 Å². The summed E-state index contributed by atoms with van der Waals surface area (Å²) < 4.78 is 0. The van der Waals surface area contributed by atoms with Gasteiger partial charge in [0.2, 0.25) is 0 Å². The van der Waals surface area contributed by atoms with E-state index in [4.69, 9.17) is 5.11 Å². The summed E-state index contributed by atoms with van der Waals surface area (Å²) >= 11 is 0. The highest BCUT2D eigenvalue weighted by Gasteiger charge is 1.87. The largest absolute Gasteiger partial charge is 0.396 e. The molecule has 0 amide bonds. The summed E-state index contributed by atoms with van der Waals surface area (Å²) in [5.74, 6) is 0. The predicted molar refractivity (Wildman–Crippen MR) is 53.2 cm³/mol. The highest BCUT2D eigenvalue weighted by atomic mass is 28.1. The van der Waals surface area contributed by atoms with E-state index in [0.717, 1.165) is 12.8 Å². The van der Waals surface area contributed by atoms with Gasteiger partial charge in [0.25, 0.3) is 0 Å². The molecule has 0 aliphatic carbocycles. The third-order valence-electron chi connectivity index (χ3n) is 1.47. The molecule has 0 radical (unpaired) electrons. The Hall–Kier alpha value is -0.603. The molecule has 1 N–H and O–H groups in total. The van der Waals surface area contributed by atoms with Crippen molar-refractivity contribution in [3.8, 4) is 0 Å². The summed E-state index contributed by atoms with van der Waals surface area (Å²) in [6, 6.07) is 10.2. The molecule has 1 rings (SSSR count). The Balaban J connectivity index is 0.000001000. The van der Waals surface area contributed by atoms with Gasteiger partial charge in [-0.2, -0.15) is 0 Å². The molecule has 1 aromatic carbocycles. The first-order valence-corrected chi connectivity index (χ1v) is 3.58. The van der Waals surface area contributed by atoms with Crippen LogP contribution in [0.25, 0.3) is 0 Å². The molecule has 62 valence electrons. The van der Waals surface area contributed by atoms with Gasteiger partial charge in [-0.15, -0.1) is 0 Å². The molecule has 11 heavy (non-hydrogen) atoms. The van der Waals surface area contributed by atoms with Gasteiger partial charge in [0.15, 0.2) is 0 Å². The Morgan fingerprint density at radius 2 is 1.73 bits per heavy atom. The van der Waals surface area contributed by atoms with E-state index in [2.05, 4.69) is 12.1 Å². The third-order valence-corrected chi connectivity index (χ3v) is 1.47. The highest BCUT2D eigenvalue weighted by molar-refractivity contribution is 5.75. The molecule has 0 aliphatic heterocycles. The van der Waals surface area contributed by atoms with Crippen molar-refractivity contribution >= 4 is 11.0 Å². The Morgan fingerprint density at radius 3 is 2.27 bits per heavy atom. The first-order chi connectivity index (χ1) is 4.93. The molecular weight excluding hydrogens is 152 g/mol. The maximum absolute atomic E-state index is 8.53. The van der Waals surface area contributed by atoms with Crippen molar-refractivity contribution in [2.75, 3.05) is 6.61 Å². The summed E-state index contributed by atoms with van der Waals surface area (Å²) in [6.07, 6.45) is 1.85. The standard InChI is InChI=1S/C9H12O.H4Si/c10-8-4-7-9-5-2-1-3-6-9;/h1-3,5-6,10H,4,7-8H2;1H4. The molecule has 0 saturated heterocycles. The van der Waals surface area contributed by atoms with Crippen molar-refractivity contribution in [1.82, 2.24) is 0 Å². The summed E-state index contributed by atoms with van der Waals surface area (Å²) in [7, 11) is 0. The lowest BCUT2D eigenvalue weighted by molar-refractivity contribution is 0.288. The van der Waals surface area contributed by atoms with Gasteiger partial charge in [0.05, 0.1) is 0 Å². The van der Waals surface area contributed by atoms with Crippen LogP contribution >= 0.6 is 0 Å². The minimum absolute atomic E-state index is 0. The molecule has 0 spiro atoms. The summed E-state index contributed by atoms with van der Waals surface area (Å²) in [5.41, 5.74) is 1.30. The SMILES string of the molecule is OCCCc1ccccc1.[SiH4]. The van der Waals surface area contributed by atoms with E-state index in [1.807, 2.05) is 18.2 Å².